The van der Waals surface area contributed by atoms with Gasteiger partial charge in [-0.3, -0.25) is 0 Å². The van der Waals surface area contributed by atoms with Gasteiger partial charge in [-0.05, 0) is 24.3 Å². The van der Waals surface area contributed by atoms with Crippen LogP contribution < -0.4 is 10.0 Å². The van der Waals surface area contributed by atoms with Crippen LogP contribution >= 0.6 is 0 Å². The quantitative estimate of drug-likeness (QED) is 0.748. The number of likely N-dealkylation sites (N-methyl/N-ethyl adjacent to an activating group) is 1. The molecule has 84 valence electrons. The number of rotatable bonds is 4. The van der Waals surface area contributed by atoms with Crippen molar-refractivity contribution in [2.75, 3.05) is 25.1 Å². The summed E-state index contributed by atoms with van der Waals surface area (Å²) in [6.07, 6.45) is 0. The molecule has 0 heterocycles. The molecule has 0 amide bonds. The predicted octanol–water partition coefficient (Wildman–Crippen LogP) is -0.237. The van der Waals surface area contributed by atoms with Gasteiger partial charge in [0.2, 0.25) is 10.0 Å². The van der Waals surface area contributed by atoms with Gasteiger partial charge in [-0.25, -0.2) is 13.6 Å². The third-order valence-electron chi connectivity index (χ3n) is 2.04. The van der Waals surface area contributed by atoms with E-state index < -0.39 is 10.0 Å². The van der Waals surface area contributed by atoms with Crippen LogP contribution in [0.3, 0.4) is 0 Å². The number of hydrogen-bond donors (Lipinski definition) is 2. The first-order chi connectivity index (χ1) is 6.95. The molecule has 0 bridgehead atoms. The topological polar surface area (TPSA) is 83.6 Å². The van der Waals surface area contributed by atoms with E-state index >= 15 is 0 Å². The number of aliphatic hydroxyl groups excluding tert-OH is 1. The molecule has 0 aliphatic rings. The van der Waals surface area contributed by atoms with Gasteiger partial charge in [0.05, 0.1) is 11.5 Å². The predicted molar refractivity (Wildman–Crippen MR) is 58.2 cm³/mol. The molecule has 0 fully saturated rings. The van der Waals surface area contributed by atoms with Crippen molar-refractivity contribution in [3.8, 4) is 0 Å². The summed E-state index contributed by atoms with van der Waals surface area (Å²) in [5.74, 6) is 0. The molecule has 0 saturated heterocycles. The summed E-state index contributed by atoms with van der Waals surface area (Å²) < 4.78 is 21.9. The fourth-order valence-corrected chi connectivity index (χ4v) is 1.68. The molecular weight excluding hydrogens is 216 g/mol. The van der Waals surface area contributed by atoms with E-state index in [1.54, 1.807) is 12.1 Å². The summed E-state index contributed by atoms with van der Waals surface area (Å²) in [5, 5.41) is 13.7. The standard InChI is InChI=1S/C9H14N2O3S/c1-11(6-7-12)8-2-4-9(5-3-8)15(10,13)14/h2-5,12H,6-7H2,1H3,(H2,10,13,14). The van der Waals surface area contributed by atoms with Crippen molar-refractivity contribution in [1.82, 2.24) is 0 Å². The zero-order valence-corrected chi connectivity index (χ0v) is 9.24. The number of sulfonamides is 1. The molecule has 0 saturated carbocycles. The smallest absolute Gasteiger partial charge is 0.238 e. The van der Waals surface area contributed by atoms with E-state index in [1.807, 2.05) is 11.9 Å². The Kier molecular flexibility index (Phi) is 3.67. The zero-order chi connectivity index (χ0) is 11.5. The molecule has 0 aliphatic heterocycles. The van der Waals surface area contributed by atoms with Gasteiger partial charge in [-0.15, -0.1) is 0 Å². The highest BCUT2D eigenvalue weighted by atomic mass is 32.2. The van der Waals surface area contributed by atoms with Gasteiger partial charge in [0.15, 0.2) is 0 Å². The van der Waals surface area contributed by atoms with Crippen LogP contribution in [-0.2, 0) is 10.0 Å². The van der Waals surface area contributed by atoms with Crippen molar-refractivity contribution in [2.45, 2.75) is 4.90 Å². The minimum Gasteiger partial charge on any atom is -0.395 e. The van der Waals surface area contributed by atoms with Crippen LogP contribution in [0.25, 0.3) is 0 Å². The summed E-state index contributed by atoms with van der Waals surface area (Å²) >= 11 is 0. The van der Waals surface area contributed by atoms with E-state index in [-0.39, 0.29) is 11.5 Å². The first-order valence-corrected chi connectivity index (χ1v) is 5.94. The fraction of sp³-hybridized carbons (Fsp3) is 0.333. The summed E-state index contributed by atoms with van der Waals surface area (Å²) in [6.45, 7) is 0.544. The van der Waals surface area contributed by atoms with Crippen LogP contribution in [0.5, 0.6) is 0 Å². The summed E-state index contributed by atoms with van der Waals surface area (Å²) in [5.41, 5.74) is 0.830. The number of anilines is 1. The summed E-state index contributed by atoms with van der Waals surface area (Å²) in [6, 6.07) is 6.18. The highest BCUT2D eigenvalue weighted by molar-refractivity contribution is 7.89. The van der Waals surface area contributed by atoms with Crippen LogP contribution in [0.4, 0.5) is 5.69 Å². The van der Waals surface area contributed by atoms with Crippen LogP contribution in [0, 0.1) is 0 Å². The molecule has 1 rings (SSSR count). The lowest BCUT2D eigenvalue weighted by molar-refractivity contribution is 0.304. The van der Waals surface area contributed by atoms with Gasteiger partial charge in [0, 0.05) is 19.3 Å². The number of nitrogens with zero attached hydrogens (tertiary/aromatic N) is 1. The number of benzene rings is 1. The maximum absolute atomic E-state index is 11.0. The average molecular weight is 230 g/mol. The molecule has 0 atom stereocenters. The van der Waals surface area contributed by atoms with Crippen molar-refractivity contribution in [3.63, 3.8) is 0 Å². The second kappa shape index (κ2) is 4.61. The Morgan fingerprint density at radius 1 is 1.33 bits per heavy atom. The maximum Gasteiger partial charge on any atom is 0.238 e. The number of primary sulfonamides is 1. The Balaban J connectivity index is 2.90. The number of hydrogen-bond acceptors (Lipinski definition) is 4. The minimum absolute atomic E-state index is 0.0490. The molecule has 0 unspecified atom stereocenters. The van der Waals surface area contributed by atoms with Crippen LogP contribution in [0.1, 0.15) is 0 Å². The van der Waals surface area contributed by atoms with Crippen LogP contribution in [0.2, 0.25) is 0 Å². The normalized spacial score (nSPS) is 11.4. The maximum atomic E-state index is 11.0. The molecule has 1 aromatic rings. The lowest BCUT2D eigenvalue weighted by atomic mass is 10.3. The monoisotopic (exact) mass is 230 g/mol. The van der Waals surface area contributed by atoms with E-state index in [0.29, 0.717) is 6.54 Å². The van der Waals surface area contributed by atoms with Crippen molar-refractivity contribution < 1.29 is 13.5 Å². The van der Waals surface area contributed by atoms with Crippen molar-refractivity contribution in [1.29, 1.82) is 0 Å². The van der Waals surface area contributed by atoms with E-state index in [9.17, 15) is 8.42 Å². The molecule has 5 nitrogen and oxygen atoms in total. The molecule has 1 aromatic carbocycles. The molecule has 0 aromatic heterocycles. The SMILES string of the molecule is CN(CCO)c1ccc(S(N)(=O)=O)cc1. The zero-order valence-electron chi connectivity index (χ0n) is 8.42. The Labute approximate surface area is 89.2 Å². The first-order valence-electron chi connectivity index (χ1n) is 4.40. The third kappa shape index (κ3) is 3.19. The van der Waals surface area contributed by atoms with Crippen molar-refractivity contribution >= 4 is 15.7 Å². The molecular formula is C9H14N2O3S. The van der Waals surface area contributed by atoms with E-state index in [2.05, 4.69) is 0 Å². The second-order valence-corrected chi connectivity index (χ2v) is 4.75. The fourth-order valence-electron chi connectivity index (χ4n) is 1.17. The second-order valence-electron chi connectivity index (χ2n) is 3.18. The van der Waals surface area contributed by atoms with Gasteiger partial charge < -0.3 is 10.0 Å². The van der Waals surface area contributed by atoms with Crippen LogP contribution in [-0.4, -0.2) is 33.7 Å². The van der Waals surface area contributed by atoms with Crippen LogP contribution in [0.15, 0.2) is 29.2 Å². The van der Waals surface area contributed by atoms with E-state index in [1.165, 1.54) is 12.1 Å². The number of aliphatic hydroxyl groups is 1. The summed E-state index contributed by atoms with van der Waals surface area (Å²) in [7, 11) is -1.82. The Hall–Kier alpha value is -1.11. The lowest BCUT2D eigenvalue weighted by Crippen LogP contribution is -2.21. The third-order valence-corrected chi connectivity index (χ3v) is 2.97. The molecule has 0 aliphatic carbocycles. The van der Waals surface area contributed by atoms with Gasteiger partial charge >= 0.3 is 0 Å². The highest BCUT2D eigenvalue weighted by Crippen LogP contribution is 2.15. The molecule has 0 radical (unpaired) electrons. The minimum atomic E-state index is -3.63. The molecule has 0 spiro atoms. The Bertz CT molecular complexity index is 413. The molecule has 6 heteroatoms. The van der Waals surface area contributed by atoms with Gasteiger partial charge in [0.1, 0.15) is 0 Å². The van der Waals surface area contributed by atoms with Gasteiger partial charge in [-0.2, -0.15) is 0 Å². The average Bonchev–Trinajstić information content (AvgIpc) is 2.17. The molecule has 3 N–H and O–H groups in total. The summed E-state index contributed by atoms with van der Waals surface area (Å²) in [4.78, 5) is 1.90. The Morgan fingerprint density at radius 2 is 1.87 bits per heavy atom. The highest BCUT2D eigenvalue weighted by Gasteiger charge is 2.07. The van der Waals surface area contributed by atoms with E-state index in [0.717, 1.165) is 5.69 Å². The van der Waals surface area contributed by atoms with Crippen molar-refractivity contribution in [3.05, 3.63) is 24.3 Å². The largest absolute Gasteiger partial charge is 0.395 e. The van der Waals surface area contributed by atoms with Gasteiger partial charge in [-0.1, -0.05) is 0 Å². The first kappa shape index (κ1) is 12.0. The Morgan fingerprint density at radius 3 is 2.27 bits per heavy atom. The van der Waals surface area contributed by atoms with E-state index in [4.69, 9.17) is 10.2 Å². The number of nitrogens with two attached hydrogens (primary N) is 1. The van der Waals surface area contributed by atoms with Crippen molar-refractivity contribution in [2.24, 2.45) is 5.14 Å². The molecule has 15 heavy (non-hydrogen) atoms. The lowest BCUT2D eigenvalue weighted by Gasteiger charge is -2.17. The van der Waals surface area contributed by atoms with Gasteiger partial charge in [0.25, 0.3) is 0 Å².